The van der Waals surface area contributed by atoms with Crippen molar-refractivity contribution in [2.24, 2.45) is 11.7 Å². The van der Waals surface area contributed by atoms with Crippen molar-refractivity contribution in [2.75, 3.05) is 13.1 Å². The fourth-order valence-electron chi connectivity index (χ4n) is 3.07. The first-order valence-corrected chi connectivity index (χ1v) is 7.18. The van der Waals surface area contributed by atoms with E-state index in [0.29, 0.717) is 13.1 Å². The third kappa shape index (κ3) is 2.92. The third-order valence-corrected chi connectivity index (χ3v) is 4.36. The molecule has 0 saturated heterocycles. The van der Waals surface area contributed by atoms with Crippen LogP contribution in [0.4, 0.5) is 0 Å². The SMILES string of the molecule is C#C[C@H](N)[C@@H]1C[C@@]1(C(=O)N(CC)CC)c1ccccc1.Cl. The Morgan fingerprint density at radius 2 is 2.00 bits per heavy atom. The molecule has 0 spiro atoms. The van der Waals surface area contributed by atoms with Crippen molar-refractivity contribution in [3.05, 3.63) is 35.9 Å². The van der Waals surface area contributed by atoms with E-state index in [1.807, 2.05) is 49.1 Å². The molecule has 3 nitrogen and oxygen atoms in total. The monoisotopic (exact) mass is 306 g/mol. The number of halogens is 1. The molecule has 0 aliphatic heterocycles. The smallest absolute Gasteiger partial charge is 0.233 e. The minimum atomic E-state index is -0.515. The highest BCUT2D eigenvalue weighted by Crippen LogP contribution is 2.56. The van der Waals surface area contributed by atoms with Crippen LogP contribution in [0, 0.1) is 18.3 Å². The van der Waals surface area contributed by atoms with Gasteiger partial charge in [0.2, 0.25) is 5.91 Å². The van der Waals surface area contributed by atoms with Gasteiger partial charge in [0.1, 0.15) is 0 Å². The average Bonchev–Trinajstić information content (AvgIpc) is 3.25. The molecular formula is C17H23ClN2O. The highest BCUT2D eigenvalue weighted by Gasteiger charge is 2.63. The Bertz CT molecular complexity index is 521. The standard InChI is InChI=1S/C17H22N2O.ClH/c1-4-15(18)14-12-17(14,13-10-8-7-9-11-13)16(20)19(5-2)6-3;/h1,7-11,14-15H,5-6,12,18H2,2-3H3;1H/t14-,15-,17+;/m0./s1. The molecule has 1 amide bonds. The van der Waals surface area contributed by atoms with E-state index in [0.717, 1.165) is 12.0 Å². The molecule has 0 radical (unpaired) electrons. The number of hydrogen-bond donors (Lipinski definition) is 1. The van der Waals surface area contributed by atoms with Crippen LogP contribution in [0.15, 0.2) is 30.3 Å². The summed E-state index contributed by atoms with van der Waals surface area (Å²) in [5, 5.41) is 0. The molecule has 4 heteroatoms. The predicted octanol–water partition coefficient (Wildman–Crippen LogP) is 2.19. The van der Waals surface area contributed by atoms with Gasteiger partial charge in [-0.25, -0.2) is 0 Å². The zero-order valence-corrected chi connectivity index (χ0v) is 13.4. The molecule has 1 aliphatic carbocycles. The molecule has 21 heavy (non-hydrogen) atoms. The first-order chi connectivity index (χ1) is 9.61. The minimum Gasteiger partial charge on any atom is -0.342 e. The second-order valence-electron chi connectivity index (χ2n) is 5.32. The second-order valence-corrected chi connectivity index (χ2v) is 5.32. The summed E-state index contributed by atoms with van der Waals surface area (Å²) in [6.07, 6.45) is 6.20. The minimum absolute atomic E-state index is 0. The van der Waals surface area contributed by atoms with Crippen LogP contribution in [0.25, 0.3) is 0 Å². The van der Waals surface area contributed by atoms with E-state index in [9.17, 15) is 4.79 Å². The van der Waals surface area contributed by atoms with E-state index in [2.05, 4.69) is 5.92 Å². The fourth-order valence-corrected chi connectivity index (χ4v) is 3.07. The van der Waals surface area contributed by atoms with Gasteiger partial charge in [-0.2, -0.15) is 0 Å². The van der Waals surface area contributed by atoms with Crippen LogP contribution < -0.4 is 5.73 Å². The molecule has 1 aromatic carbocycles. The normalized spacial score (nSPS) is 24.4. The molecule has 0 aromatic heterocycles. The van der Waals surface area contributed by atoms with Crippen LogP contribution >= 0.6 is 12.4 Å². The summed E-state index contributed by atoms with van der Waals surface area (Å²) in [6.45, 7) is 5.42. The Labute approximate surface area is 133 Å². The molecular weight excluding hydrogens is 284 g/mol. The Hall–Kier alpha value is -1.50. The van der Waals surface area contributed by atoms with E-state index in [4.69, 9.17) is 12.2 Å². The Kier molecular flexibility index (Phi) is 5.83. The maximum Gasteiger partial charge on any atom is 0.233 e. The number of amides is 1. The second kappa shape index (κ2) is 6.98. The maximum atomic E-state index is 12.9. The van der Waals surface area contributed by atoms with Crippen molar-refractivity contribution in [1.82, 2.24) is 4.90 Å². The lowest BCUT2D eigenvalue weighted by Gasteiger charge is -2.27. The lowest BCUT2D eigenvalue weighted by molar-refractivity contribution is -0.134. The maximum absolute atomic E-state index is 12.9. The number of nitrogens with two attached hydrogens (primary N) is 1. The van der Waals surface area contributed by atoms with Gasteiger partial charge in [-0.15, -0.1) is 18.8 Å². The number of nitrogens with zero attached hydrogens (tertiary/aromatic N) is 1. The predicted molar refractivity (Wildman–Crippen MR) is 88.2 cm³/mol. The van der Waals surface area contributed by atoms with Crippen molar-refractivity contribution in [2.45, 2.75) is 31.7 Å². The largest absolute Gasteiger partial charge is 0.342 e. The Balaban J connectivity index is 0.00000220. The van der Waals surface area contributed by atoms with Crippen molar-refractivity contribution >= 4 is 18.3 Å². The number of rotatable bonds is 5. The summed E-state index contributed by atoms with van der Waals surface area (Å²) in [7, 11) is 0. The summed E-state index contributed by atoms with van der Waals surface area (Å²) >= 11 is 0. The molecule has 0 heterocycles. The highest BCUT2D eigenvalue weighted by molar-refractivity contribution is 5.92. The van der Waals surface area contributed by atoms with Crippen LogP contribution in [0.2, 0.25) is 0 Å². The van der Waals surface area contributed by atoms with Gasteiger partial charge in [-0.3, -0.25) is 4.79 Å². The van der Waals surface area contributed by atoms with Gasteiger partial charge >= 0.3 is 0 Å². The zero-order valence-electron chi connectivity index (χ0n) is 12.6. The molecule has 0 unspecified atom stereocenters. The van der Waals surface area contributed by atoms with Crippen molar-refractivity contribution < 1.29 is 4.79 Å². The summed E-state index contributed by atoms with van der Waals surface area (Å²) < 4.78 is 0. The number of hydrogen-bond acceptors (Lipinski definition) is 2. The third-order valence-electron chi connectivity index (χ3n) is 4.36. The summed E-state index contributed by atoms with van der Waals surface area (Å²) in [4.78, 5) is 14.8. The first kappa shape index (κ1) is 17.6. The van der Waals surface area contributed by atoms with E-state index in [1.54, 1.807) is 0 Å². The molecule has 1 fully saturated rings. The average molecular weight is 307 g/mol. The van der Waals surface area contributed by atoms with Gasteiger partial charge < -0.3 is 10.6 Å². The fraction of sp³-hybridized carbons (Fsp3) is 0.471. The van der Waals surface area contributed by atoms with E-state index in [-0.39, 0.29) is 30.3 Å². The van der Waals surface area contributed by atoms with E-state index < -0.39 is 5.41 Å². The van der Waals surface area contributed by atoms with Gasteiger partial charge in [0, 0.05) is 19.0 Å². The van der Waals surface area contributed by atoms with E-state index >= 15 is 0 Å². The van der Waals surface area contributed by atoms with Crippen LogP contribution in [0.1, 0.15) is 25.8 Å². The van der Waals surface area contributed by atoms with Crippen molar-refractivity contribution in [3.8, 4) is 12.3 Å². The summed E-state index contributed by atoms with van der Waals surface area (Å²) in [5.74, 6) is 2.79. The highest BCUT2D eigenvalue weighted by atomic mass is 35.5. The van der Waals surface area contributed by atoms with Crippen LogP contribution in [0.5, 0.6) is 0 Å². The van der Waals surface area contributed by atoms with Crippen LogP contribution in [-0.2, 0) is 10.2 Å². The van der Waals surface area contributed by atoms with Crippen molar-refractivity contribution in [3.63, 3.8) is 0 Å². The summed E-state index contributed by atoms with van der Waals surface area (Å²) in [5.41, 5.74) is 6.53. The molecule has 1 saturated carbocycles. The van der Waals surface area contributed by atoms with Crippen LogP contribution in [0.3, 0.4) is 0 Å². The number of likely N-dealkylation sites (N-methyl/N-ethyl adjacent to an activating group) is 1. The van der Waals surface area contributed by atoms with Gasteiger partial charge in [0.15, 0.2) is 0 Å². The number of carbonyl (C=O) groups excluding carboxylic acids is 1. The molecule has 2 N–H and O–H groups in total. The van der Waals surface area contributed by atoms with Crippen LogP contribution in [-0.4, -0.2) is 29.9 Å². The quantitative estimate of drug-likeness (QED) is 0.848. The Morgan fingerprint density at radius 1 is 1.43 bits per heavy atom. The Morgan fingerprint density at radius 3 is 2.48 bits per heavy atom. The molecule has 114 valence electrons. The lowest BCUT2D eigenvalue weighted by atomic mass is 9.89. The topological polar surface area (TPSA) is 46.3 Å². The van der Waals surface area contributed by atoms with Crippen molar-refractivity contribution in [1.29, 1.82) is 0 Å². The molecule has 3 atom stereocenters. The molecule has 1 aliphatic rings. The van der Waals surface area contributed by atoms with Gasteiger partial charge in [0.25, 0.3) is 0 Å². The number of carbonyl (C=O) groups is 1. The molecule has 2 rings (SSSR count). The van der Waals surface area contributed by atoms with Gasteiger partial charge in [0.05, 0.1) is 11.5 Å². The number of benzene rings is 1. The van der Waals surface area contributed by atoms with Gasteiger partial charge in [-0.05, 0) is 25.8 Å². The molecule has 1 aromatic rings. The first-order valence-electron chi connectivity index (χ1n) is 7.18. The van der Waals surface area contributed by atoms with Gasteiger partial charge in [-0.1, -0.05) is 36.3 Å². The molecule has 0 bridgehead atoms. The van der Waals surface area contributed by atoms with E-state index in [1.165, 1.54) is 0 Å². The number of terminal acetylenes is 1. The lowest BCUT2D eigenvalue weighted by Crippen LogP contribution is -2.42. The summed E-state index contributed by atoms with van der Waals surface area (Å²) in [6, 6.07) is 9.52. The zero-order chi connectivity index (χ0) is 14.8.